The van der Waals surface area contributed by atoms with E-state index < -0.39 is 16.2 Å². The molecule has 1 saturated heterocycles. The summed E-state index contributed by atoms with van der Waals surface area (Å²) in [6, 6.07) is 0.0372. The standard InChI is InChI=1S/C6H12N2O4S/c1-5-4-8(5)13(10,11)7-3-6(9)12-2/h5,7H,3-4H2,1-2H3/t5-,8?/m0/s1. The molecule has 7 heteroatoms. The van der Waals surface area contributed by atoms with Gasteiger partial charge in [-0.25, -0.2) is 0 Å². The number of hydrogen-bond acceptors (Lipinski definition) is 4. The highest BCUT2D eigenvalue weighted by Gasteiger charge is 2.40. The van der Waals surface area contributed by atoms with E-state index in [2.05, 4.69) is 9.46 Å². The van der Waals surface area contributed by atoms with Crippen molar-refractivity contribution in [3.05, 3.63) is 0 Å². The van der Waals surface area contributed by atoms with Crippen LogP contribution in [0.15, 0.2) is 0 Å². The van der Waals surface area contributed by atoms with Gasteiger partial charge < -0.3 is 4.74 Å². The first-order chi connectivity index (χ1) is 5.97. The highest BCUT2D eigenvalue weighted by Crippen LogP contribution is 2.19. The molecule has 0 saturated carbocycles. The van der Waals surface area contributed by atoms with E-state index in [-0.39, 0.29) is 12.6 Å². The number of ether oxygens (including phenoxy) is 1. The second kappa shape index (κ2) is 3.60. The molecule has 0 radical (unpaired) electrons. The van der Waals surface area contributed by atoms with Crippen molar-refractivity contribution in [2.45, 2.75) is 13.0 Å². The first-order valence-corrected chi connectivity index (χ1v) is 5.24. The van der Waals surface area contributed by atoms with E-state index in [9.17, 15) is 13.2 Å². The summed E-state index contributed by atoms with van der Waals surface area (Å²) in [5, 5.41) is 0. The first kappa shape index (κ1) is 10.4. The lowest BCUT2D eigenvalue weighted by molar-refractivity contribution is -0.139. The summed E-state index contributed by atoms with van der Waals surface area (Å²) in [5.41, 5.74) is 0. The summed E-state index contributed by atoms with van der Waals surface area (Å²) >= 11 is 0. The van der Waals surface area contributed by atoms with E-state index in [1.165, 1.54) is 11.4 Å². The van der Waals surface area contributed by atoms with Crippen LogP contribution in [0.4, 0.5) is 0 Å². The summed E-state index contributed by atoms with van der Waals surface area (Å²) in [6.07, 6.45) is 0. The van der Waals surface area contributed by atoms with Crippen LogP contribution in [0.5, 0.6) is 0 Å². The molecule has 76 valence electrons. The number of carbonyl (C=O) groups excluding carboxylic acids is 1. The van der Waals surface area contributed by atoms with Crippen molar-refractivity contribution in [2.24, 2.45) is 0 Å². The fourth-order valence-electron chi connectivity index (χ4n) is 0.854. The number of nitrogens with one attached hydrogen (secondary N) is 1. The Morgan fingerprint density at radius 1 is 1.69 bits per heavy atom. The molecule has 1 fully saturated rings. The van der Waals surface area contributed by atoms with Gasteiger partial charge in [0.05, 0.1) is 7.11 Å². The van der Waals surface area contributed by atoms with Gasteiger partial charge in [0.1, 0.15) is 6.54 Å². The molecular formula is C6H12N2O4S. The van der Waals surface area contributed by atoms with Crippen molar-refractivity contribution in [1.82, 2.24) is 9.03 Å². The Labute approximate surface area is 77.0 Å². The van der Waals surface area contributed by atoms with E-state index in [1.54, 1.807) is 6.92 Å². The Bertz CT molecular complexity index is 300. The summed E-state index contributed by atoms with van der Waals surface area (Å²) in [6.45, 7) is 1.98. The summed E-state index contributed by atoms with van der Waals surface area (Å²) in [5.74, 6) is -0.599. The van der Waals surface area contributed by atoms with Crippen LogP contribution in [0.2, 0.25) is 0 Å². The highest BCUT2D eigenvalue weighted by atomic mass is 32.2. The quantitative estimate of drug-likeness (QED) is 0.460. The normalized spacial score (nSPS) is 26.9. The topological polar surface area (TPSA) is 75.5 Å². The van der Waals surface area contributed by atoms with Crippen molar-refractivity contribution in [3.63, 3.8) is 0 Å². The maximum atomic E-state index is 11.2. The first-order valence-electron chi connectivity index (χ1n) is 3.80. The highest BCUT2D eigenvalue weighted by molar-refractivity contribution is 7.87. The van der Waals surface area contributed by atoms with Gasteiger partial charge in [-0.2, -0.15) is 17.4 Å². The van der Waals surface area contributed by atoms with E-state index in [4.69, 9.17) is 0 Å². The lowest BCUT2D eigenvalue weighted by Gasteiger charge is -2.05. The van der Waals surface area contributed by atoms with E-state index in [1.807, 2.05) is 0 Å². The maximum Gasteiger partial charge on any atom is 0.320 e. The number of nitrogens with zero attached hydrogens (tertiary/aromatic N) is 1. The molecule has 0 aromatic rings. The number of esters is 1. The van der Waals surface area contributed by atoms with Gasteiger partial charge in [0.25, 0.3) is 10.2 Å². The number of hydrogen-bond donors (Lipinski definition) is 1. The smallest absolute Gasteiger partial charge is 0.320 e. The van der Waals surface area contributed by atoms with Crippen molar-refractivity contribution >= 4 is 16.2 Å². The van der Waals surface area contributed by atoms with E-state index in [0.717, 1.165) is 0 Å². The Kier molecular flexibility index (Phi) is 2.89. The largest absolute Gasteiger partial charge is 0.468 e. The molecule has 0 amide bonds. The fraction of sp³-hybridized carbons (Fsp3) is 0.833. The SMILES string of the molecule is COC(=O)CNS(=O)(=O)N1C[C@@H]1C. The van der Waals surface area contributed by atoms with Crippen LogP contribution < -0.4 is 4.72 Å². The Morgan fingerprint density at radius 3 is 2.62 bits per heavy atom. The zero-order valence-electron chi connectivity index (χ0n) is 7.48. The third-order valence-corrected chi connectivity index (χ3v) is 3.37. The molecule has 0 aliphatic carbocycles. The van der Waals surface area contributed by atoms with Crippen LogP contribution in [-0.4, -0.2) is 44.9 Å². The molecule has 1 N–H and O–H groups in total. The summed E-state index contributed by atoms with van der Waals surface area (Å²) in [7, 11) is -2.25. The lowest BCUT2D eigenvalue weighted by atomic mass is 10.6. The van der Waals surface area contributed by atoms with Gasteiger partial charge in [-0.15, -0.1) is 0 Å². The minimum Gasteiger partial charge on any atom is -0.468 e. The van der Waals surface area contributed by atoms with Gasteiger partial charge in [0.15, 0.2) is 0 Å². The number of rotatable bonds is 4. The Hall–Kier alpha value is -0.660. The minimum absolute atomic E-state index is 0.0372. The molecule has 1 aliphatic rings. The molecule has 13 heavy (non-hydrogen) atoms. The summed E-state index contributed by atoms with van der Waals surface area (Å²) < 4.78 is 30.1. The molecule has 0 bridgehead atoms. The second-order valence-corrected chi connectivity index (χ2v) is 4.53. The van der Waals surface area contributed by atoms with Crippen LogP contribution >= 0.6 is 0 Å². The molecule has 0 spiro atoms. The van der Waals surface area contributed by atoms with Crippen LogP contribution in [0.25, 0.3) is 0 Å². The predicted molar refractivity (Wildman–Crippen MR) is 45.1 cm³/mol. The van der Waals surface area contributed by atoms with E-state index >= 15 is 0 Å². The zero-order chi connectivity index (χ0) is 10.1. The Balaban J connectivity index is 2.40. The van der Waals surface area contributed by atoms with Gasteiger partial charge in [-0.3, -0.25) is 4.79 Å². The van der Waals surface area contributed by atoms with Crippen molar-refractivity contribution in [2.75, 3.05) is 20.2 Å². The monoisotopic (exact) mass is 208 g/mol. The summed E-state index contributed by atoms with van der Waals surface area (Å²) in [4.78, 5) is 10.6. The third kappa shape index (κ3) is 2.64. The number of carbonyl (C=O) groups is 1. The minimum atomic E-state index is -3.46. The van der Waals surface area contributed by atoms with Gasteiger partial charge >= 0.3 is 5.97 Å². The third-order valence-electron chi connectivity index (χ3n) is 1.74. The molecule has 0 aromatic heterocycles. The molecule has 0 aromatic carbocycles. The van der Waals surface area contributed by atoms with Gasteiger partial charge in [-0.05, 0) is 6.92 Å². The zero-order valence-corrected chi connectivity index (χ0v) is 8.30. The van der Waals surface area contributed by atoms with Gasteiger partial charge in [-0.1, -0.05) is 0 Å². The van der Waals surface area contributed by atoms with Crippen molar-refractivity contribution in [1.29, 1.82) is 0 Å². The van der Waals surface area contributed by atoms with Crippen molar-refractivity contribution < 1.29 is 17.9 Å². The van der Waals surface area contributed by atoms with Crippen LogP contribution in [-0.2, 0) is 19.7 Å². The lowest BCUT2D eigenvalue weighted by Crippen LogP contribution is -2.35. The average Bonchev–Trinajstić information content (AvgIpc) is 2.79. The maximum absolute atomic E-state index is 11.2. The molecule has 1 rings (SSSR count). The number of methoxy groups -OCH3 is 1. The van der Waals surface area contributed by atoms with Gasteiger partial charge in [0.2, 0.25) is 0 Å². The second-order valence-electron chi connectivity index (χ2n) is 2.82. The van der Waals surface area contributed by atoms with Crippen LogP contribution in [0, 0.1) is 0 Å². The van der Waals surface area contributed by atoms with E-state index in [0.29, 0.717) is 6.54 Å². The molecular weight excluding hydrogens is 196 g/mol. The van der Waals surface area contributed by atoms with Gasteiger partial charge in [0, 0.05) is 12.6 Å². The Morgan fingerprint density at radius 2 is 2.23 bits per heavy atom. The molecule has 1 aliphatic heterocycles. The average molecular weight is 208 g/mol. The fourth-order valence-corrected chi connectivity index (χ4v) is 2.21. The van der Waals surface area contributed by atoms with Crippen LogP contribution in [0.3, 0.4) is 0 Å². The molecule has 6 nitrogen and oxygen atoms in total. The molecule has 1 heterocycles. The molecule has 2 atom stereocenters. The van der Waals surface area contributed by atoms with Crippen LogP contribution in [0.1, 0.15) is 6.92 Å². The predicted octanol–water partition coefficient (Wildman–Crippen LogP) is -1.30. The molecule has 1 unspecified atom stereocenters. The van der Waals surface area contributed by atoms with Crippen molar-refractivity contribution in [3.8, 4) is 0 Å².